The normalized spacial score (nSPS) is 12.1. The van der Waals surface area contributed by atoms with E-state index in [9.17, 15) is 9.59 Å². The fourth-order valence-electron chi connectivity index (χ4n) is 2.42. The summed E-state index contributed by atoms with van der Waals surface area (Å²) in [6.45, 7) is 1.74. The van der Waals surface area contributed by atoms with Crippen molar-refractivity contribution in [1.29, 1.82) is 0 Å². The van der Waals surface area contributed by atoms with E-state index < -0.39 is 11.9 Å². The summed E-state index contributed by atoms with van der Waals surface area (Å²) in [5.74, 6) is -0.475. The number of rotatable bonds is 3. The first-order valence-corrected chi connectivity index (χ1v) is 8.44. The van der Waals surface area contributed by atoms with E-state index >= 15 is 0 Å². The molecular weight excluding hydrogens is 410 g/mol. The van der Waals surface area contributed by atoms with Crippen molar-refractivity contribution in [2.75, 3.05) is 5.73 Å². The third kappa shape index (κ3) is 3.49. The summed E-state index contributed by atoms with van der Waals surface area (Å²) >= 11 is 9.22. The van der Waals surface area contributed by atoms with Gasteiger partial charge in [0.1, 0.15) is 4.60 Å². The molecule has 3 aromatic rings. The van der Waals surface area contributed by atoms with Crippen LogP contribution >= 0.6 is 27.5 Å². The number of nitrogens with zero attached hydrogens (tertiary/aromatic N) is 2. The Morgan fingerprint density at radius 3 is 2.96 bits per heavy atom. The Kier molecular flexibility index (Phi) is 4.73. The van der Waals surface area contributed by atoms with Gasteiger partial charge in [0.25, 0.3) is 11.5 Å². The van der Waals surface area contributed by atoms with Crippen LogP contribution in [0.1, 0.15) is 29.1 Å². The summed E-state index contributed by atoms with van der Waals surface area (Å²) in [6, 6.07) is 6.48. The summed E-state index contributed by atoms with van der Waals surface area (Å²) in [5, 5.41) is 4.22. The highest BCUT2D eigenvalue weighted by molar-refractivity contribution is 9.10. The molecule has 2 aromatic heterocycles. The SMILES string of the molecule is C[C@H](NC(=O)c1nc(Br)cnc1N)c1cc2cccc(Cl)c2c(=O)[nH]1. The van der Waals surface area contributed by atoms with Crippen molar-refractivity contribution in [3.05, 3.63) is 61.8 Å². The molecule has 1 atom stereocenters. The third-order valence-corrected chi connectivity index (χ3v) is 4.34. The zero-order chi connectivity index (χ0) is 18.1. The highest BCUT2D eigenvalue weighted by Gasteiger charge is 2.18. The lowest BCUT2D eigenvalue weighted by atomic mass is 10.1. The molecule has 0 spiro atoms. The van der Waals surface area contributed by atoms with Gasteiger partial charge in [0, 0.05) is 5.69 Å². The van der Waals surface area contributed by atoms with Gasteiger partial charge in [-0.15, -0.1) is 0 Å². The van der Waals surface area contributed by atoms with Gasteiger partial charge in [-0.1, -0.05) is 23.7 Å². The zero-order valence-electron chi connectivity index (χ0n) is 13.0. The number of H-pyrrole nitrogens is 1. The lowest BCUT2D eigenvalue weighted by Gasteiger charge is -2.15. The lowest BCUT2D eigenvalue weighted by Crippen LogP contribution is -2.30. The summed E-state index contributed by atoms with van der Waals surface area (Å²) < 4.78 is 0.397. The van der Waals surface area contributed by atoms with E-state index in [-0.39, 0.29) is 17.1 Å². The molecule has 1 aromatic carbocycles. The van der Waals surface area contributed by atoms with Crippen LogP contribution in [0.5, 0.6) is 0 Å². The number of hydrogen-bond donors (Lipinski definition) is 3. The Labute approximate surface area is 155 Å². The molecule has 25 heavy (non-hydrogen) atoms. The van der Waals surface area contributed by atoms with Gasteiger partial charge in [0.2, 0.25) is 0 Å². The summed E-state index contributed by atoms with van der Waals surface area (Å²) in [5.41, 5.74) is 5.92. The van der Waals surface area contributed by atoms with E-state index in [1.54, 1.807) is 31.2 Å². The van der Waals surface area contributed by atoms with E-state index in [0.29, 0.717) is 26.1 Å². The summed E-state index contributed by atoms with van der Waals surface area (Å²) in [7, 11) is 0. The number of nitrogens with two attached hydrogens (primary N) is 1. The standard InChI is InChI=1S/C16H13BrClN5O2/c1-7(21-16(25)13-14(19)20-6-11(17)23-13)10-5-8-3-2-4-9(18)12(8)15(24)22-10/h2-7H,1H3,(H2,19,20)(H,21,25)(H,22,24)/t7-/m0/s1. The summed E-state index contributed by atoms with van der Waals surface area (Å²) in [6.07, 6.45) is 1.40. The number of nitrogen functional groups attached to an aromatic ring is 1. The second kappa shape index (κ2) is 6.81. The van der Waals surface area contributed by atoms with Crippen molar-refractivity contribution in [3.8, 4) is 0 Å². The lowest BCUT2D eigenvalue weighted by molar-refractivity contribution is 0.0934. The van der Waals surface area contributed by atoms with Crippen LogP contribution in [0.25, 0.3) is 10.8 Å². The van der Waals surface area contributed by atoms with Gasteiger partial charge < -0.3 is 16.0 Å². The molecule has 9 heteroatoms. The van der Waals surface area contributed by atoms with Crippen molar-refractivity contribution in [3.63, 3.8) is 0 Å². The van der Waals surface area contributed by atoms with E-state index in [1.165, 1.54) is 6.20 Å². The molecule has 3 rings (SSSR count). The molecule has 0 bridgehead atoms. The highest BCUT2D eigenvalue weighted by Crippen LogP contribution is 2.22. The molecular formula is C16H13BrClN5O2. The Hall–Kier alpha value is -2.45. The third-order valence-electron chi connectivity index (χ3n) is 3.64. The fraction of sp³-hybridized carbons (Fsp3) is 0.125. The van der Waals surface area contributed by atoms with E-state index in [4.69, 9.17) is 17.3 Å². The average Bonchev–Trinajstić information content (AvgIpc) is 2.56. The molecule has 7 nitrogen and oxygen atoms in total. The van der Waals surface area contributed by atoms with Gasteiger partial charge in [0.15, 0.2) is 11.5 Å². The molecule has 1 amide bonds. The minimum Gasteiger partial charge on any atom is -0.382 e. The topological polar surface area (TPSA) is 114 Å². The van der Waals surface area contributed by atoms with Crippen LogP contribution in [-0.4, -0.2) is 20.9 Å². The molecule has 0 aliphatic rings. The number of aromatic amines is 1. The first-order chi connectivity index (χ1) is 11.9. The number of amides is 1. The molecule has 128 valence electrons. The first kappa shape index (κ1) is 17.4. The van der Waals surface area contributed by atoms with Crippen molar-refractivity contribution in [1.82, 2.24) is 20.3 Å². The molecule has 0 aliphatic carbocycles. The van der Waals surface area contributed by atoms with Crippen LogP contribution in [0.4, 0.5) is 5.82 Å². The van der Waals surface area contributed by atoms with Crippen LogP contribution in [0.15, 0.2) is 39.9 Å². The van der Waals surface area contributed by atoms with Gasteiger partial charge in [0.05, 0.1) is 22.6 Å². The molecule has 0 fully saturated rings. The molecule has 2 heterocycles. The van der Waals surface area contributed by atoms with Crippen LogP contribution in [-0.2, 0) is 0 Å². The van der Waals surface area contributed by atoms with Crippen molar-refractivity contribution < 1.29 is 4.79 Å². The molecule has 0 radical (unpaired) electrons. The first-order valence-electron chi connectivity index (χ1n) is 7.27. The maximum absolute atomic E-state index is 12.4. The van der Waals surface area contributed by atoms with Crippen LogP contribution in [0, 0.1) is 0 Å². The monoisotopic (exact) mass is 421 g/mol. The second-order valence-electron chi connectivity index (χ2n) is 5.38. The highest BCUT2D eigenvalue weighted by atomic mass is 79.9. The van der Waals surface area contributed by atoms with Crippen molar-refractivity contribution in [2.45, 2.75) is 13.0 Å². The maximum Gasteiger partial charge on any atom is 0.274 e. The number of carbonyl (C=O) groups excluding carboxylic acids is 1. The Balaban J connectivity index is 1.92. The quantitative estimate of drug-likeness (QED) is 0.600. The van der Waals surface area contributed by atoms with Crippen LogP contribution in [0.3, 0.4) is 0 Å². The van der Waals surface area contributed by atoms with E-state index in [2.05, 4.69) is 36.2 Å². The fourth-order valence-corrected chi connectivity index (χ4v) is 2.97. The number of pyridine rings is 1. The van der Waals surface area contributed by atoms with E-state index in [1.807, 2.05) is 0 Å². The zero-order valence-corrected chi connectivity index (χ0v) is 15.4. The predicted molar refractivity (Wildman–Crippen MR) is 99.6 cm³/mol. The number of benzene rings is 1. The molecule has 0 unspecified atom stereocenters. The molecule has 0 aliphatic heterocycles. The Bertz CT molecular complexity index is 1040. The second-order valence-corrected chi connectivity index (χ2v) is 6.60. The minimum atomic E-state index is -0.495. The number of fused-ring (bicyclic) bond motifs is 1. The average molecular weight is 423 g/mol. The number of halogens is 2. The number of hydrogen-bond acceptors (Lipinski definition) is 5. The van der Waals surface area contributed by atoms with Crippen LogP contribution < -0.4 is 16.6 Å². The van der Waals surface area contributed by atoms with Gasteiger partial charge in [-0.05, 0) is 40.4 Å². The molecule has 0 saturated heterocycles. The number of nitrogens with one attached hydrogen (secondary N) is 2. The molecule has 4 N–H and O–H groups in total. The summed E-state index contributed by atoms with van der Waals surface area (Å²) in [4.78, 5) is 35.3. The largest absolute Gasteiger partial charge is 0.382 e. The van der Waals surface area contributed by atoms with Gasteiger partial charge >= 0.3 is 0 Å². The van der Waals surface area contributed by atoms with Crippen molar-refractivity contribution >= 4 is 50.0 Å². The Morgan fingerprint density at radius 2 is 2.20 bits per heavy atom. The van der Waals surface area contributed by atoms with Gasteiger partial charge in [-0.3, -0.25) is 9.59 Å². The van der Waals surface area contributed by atoms with Gasteiger partial charge in [-0.25, -0.2) is 9.97 Å². The number of anilines is 1. The number of aromatic nitrogens is 3. The van der Waals surface area contributed by atoms with E-state index in [0.717, 1.165) is 0 Å². The smallest absolute Gasteiger partial charge is 0.274 e. The van der Waals surface area contributed by atoms with Crippen molar-refractivity contribution in [2.24, 2.45) is 0 Å². The van der Waals surface area contributed by atoms with Gasteiger partial charge in [-0.2, -0.15) is 0 Å². The molecule has 0 saturated carbocycles. The Morgan fingerprint density at radius 1 is 1.44 bits per heavy atom. The predicted octanol–water partition coefficient (Wildman–Crippen LogP) is 2.81. The maximum atomic E-state index is 12.4. The number of carbonyl (C=O) groups is 1. The minimum absolute atomic E-state index is 0.00686. The van der Waals surface area contributed by atoms with Crippen LogP contribution in [0.2, 0.25) is 5.02 Å².